The number of hydrazone groups is 1. The average molecular weight is 516 g/mol. The number of esters is 1. The molecule has 0 fully saturated rings. The molecule has 2 N–H and O–H groups in total. The summed E-state index contributed by atoms with van der Waals surface area (Å²) in [5.41, 5.74) is 5.05. The lowest BCUT2D eigenvalue weighted by Crippen LogP contribution is -2.34. The van der Waals surface area contributed by atoms with Crippen molar-refractivity contribution in [3.63, 3.8) is 0 Å². The Bertz CT molecular complexity index is 1600. The maximum absolute atomic E-state index is 12.7. The average Bonchev–Trinajstić information content (AvgIpc) is 2.89. The van der Waals surface area contributed by atoms with E-state index in [4.69, 9.17) is 4.74 Å². The highest BCUT2D eigenvalue weighted by Crippen LogP contribution is 2.27. The zero-order chi connectivity index (χ0) is 26.4. The maximum atomic E-state index is 12.7. The highest BCUT2D eigenvalue weighted by molar-refractivity contribution is 7.89. The van der Waals surface area contributed by atoms with E-state index in [1.165, 1.54) is 18.3 Å². The van der Waals surface area contributed by atoms with Gasteiger partial charge in [0, 0.05) is 5.56 Å². The Morgan fingerprint density at radius 3 is 2.41 bits per heavy atom. The fraction of sp³-hybridized carbons (Fsp3) is 0.107. The van der Waals surface area contributed by atoms with Crippen molar-refractivity contribution in [2.75, 3.05) is 6.54 Å². The lowest BCUT2D eigenvalue weighted by Gasteiger charge is -2.11. The minimum absolute atomic E-state index is 0.0604. The predicted molar refractivity (Wildman–Crippen MR) is 142 cm³/mol. The van der Waals surface area contributed by atoms with Gasteiger partial charge in [-0.2, -0.15) is 5.10 Å². The number of hydrogen-bond acceptors (Lipinski definition) is 6. The molecule has 9 heteroatoms. The van der Waals surface area contributed by atoms with Crippen molar-refractivity contribution < 1.29 is 22.7 Å². The number of ether oxygens (including phenoxy) is 1. The van der Waals surface area contributed by atoms with Crippen molar-refractivity contribution in [1.29, 1.82) is 0 Å². The molecule has 4 aromatic carbocycles. The molecule has 0 aromatic heterocycles. The van der Waals surface area contributed by atoms with E-state index in [0.717, 1.165) is 21.9 Å². The van der Waals surface area contributed by atoms with Gasteiger partial charge in [0.15, 0.2) is 0 Å². The summed E-state index contributed by atoms with van der Waals surface area (Å²) >= 11 is 0. The summed E-state index contributed by atoms with van der Waals surface area (Å²) in [5.74, 6) is -0.920. The number of aryl methyl sites for hydroxylation is 2. The molecular formula is C28H25N3O5S. The zero-order valence-electron chi connectivity index (χ0n) is 20.3. The minimum Gasteiger partial charge on any atom is -0.422 e. The molecule has 188 valence electrons. The van der Waals surface area contributed by atoms with Crippen LogP contribution in [0.1, 0.15) is 27.0 Å². The second-order valence-electron chi connectivity index (χ2n) is 8.39. The van der Waals surface area contributed by atoms with E-state index in [9.17, 15) is 18.0 Å². The molecule has 0 radical (unpaired) electrons. The minimum atomic E-state index is -3.85. The van der Waals surface area contributed by atoms with Gasteiger partial charge in [-0.05, 0) is 55.0 Å². The monoisotopic (exact) mass is 515 g/mol. The molecule has 0 unspecified atom stereocenters. The van der Waals surface area contributed by atoms with Crippen molar-refractivity contribution in [2.24, 2.45) is 5.10 Å². The second kappa shape index (κ2) is 11.2. The molecule has 1 amide bonds. The van der Waals surface area contributed by atoms with Gasteiger partial charge < -0.3 is 4.74 Å². The first-order valence-corrected chi connectivity index (χ1v) is 12.9. The van der Waals surface area contributed by atoms with Crippen LogP contribution in [0.3, 0.4) is 0 Å². The van der Waals surface area contributed by atoms with Gasteiger partial charge in [-0.1, -0.05) is 65.7 Å². The summed E-state index contributed by atoms with van der Waals surface area (Å²) < 4.78 is 32.7. The Morgan fingerprint density at radius 2 is 1.65 bits per heavy atom. The zero-order valence-corrected chi connectivity index (χ0v) is 21.1. The van der Waals surface area contributed by atoms with E-state index in [1.807, 2.05) is 50.2 Å². The number of carbonyl (C=O) groups excluding carboxylic acids is 2. The van der Waals surface area contributed by atoms with Gasteiger partial charge in [-0.25, -0.2) is 23.4 Å². The summed E-state index contributed by atoms with van der Waals surface area (Å²) in [7, 11) is -3.85. The lowest BCUT2D eigenvalue weighted by atomic mass is 10.0. The third kappa shape index (κ3) is 6.46. The second-order valence-corrected chi connectivity index (χ2v) is 10.2. The number of nitrogens with one attached hydrogen (secondary N) is 2. The Hall–Kier alpha value is -4.34. The summed E-state index contributed by atoms with van der Waals surface area (Å²) in [6.07, 6.45) is 1.37. The van der Waals surface area contributed by atoms with Crippen LogP contribution in [0.25, 0.3) is 10.8 Å². The SMILES string of the molecule is Cc1ccc(S(=O)(=O)NCC(=O)N/N=C\c2c(OC(=O)c3cccc(C)c3)ccc3ccccc23)cc1. The van der Waals surface area contributed by atoms with Gasteiger partial charge in [-0.3, -0.25) is 4.79 Å². The smallest absolute Gasteiger partial charge is 0.343 e. The van der Waals surface area contributed by atoms with Gasteiger partial charge in [-0.15, -0.1) is 0 Å². The summed E-state index contributed by atoms with van der Waals surface area (Å²) in [6.45, 7) is 3.23. The molecule has 0 spiro atoms. The molecule has 37 heavy (non-hydrogen) atoms. The highest BCUT2D eigenvalue weighted by atomic mass is 32.2. The molecule has 8 nitrogen and oxygen atoms in total. The molecule has 0 bridgehead atoms. The van der Waals surface area contributed by atoms with E-state index in [-0.39, 0.29) is 10.6 Å². The summed E-state index contributed by atoms with van der Waals surface area (Å²) in [5, 5.41) is 5.63. The molecule has 4 aromatic rings. The quantitative estimate of drug-likeness (QED) is 0.159. The van der Waals surface area contributed by atoms with Gasteiger partial charge in [0.2, 0.25) is 10.0 Å². The predicted octanol–water partition coefficient (Wildman–Crippen LogP) is 4.10. The number of sulfonamides is 1. The molecule has 0 saturated heterocycles. The number of amides is 1. The van der Waals surface area contributed by atoms with Crippen LogP contribution in [0.15, 0.2) is 94.9 Å². The Morgan fingerprint density at radius 1 is 0.892 bits per heavy atom. The van der Waals surface area contributed by atoms with Crippen molar-refractivity contribution in [3.8, 4) is 5.75 Å². The van der Waals surface area contributed by atoms with Crippen LogP contribution in [-0.4, -0.2) is 33.1 Å². The number of rotatable bonds is 8. The molecule has 4 rings (SSSR count). The van der Waals surface area contributed by atoms with Crippen LogP contribution >= 0.6 is 0 Å². The Balaban J connectivity index is 1.49. The number of carbonyl (C=O) groups is 2. The molecule has 0 aliphatic carbocycles. The Kier molecular flexibility index (Phi) is 7.76. The number of benzene rings is 4. The van der Waals surface area contributed by atoms with E-state index in [1.54, 1.807) is 36.4 Å². The summed E-state index contributed by atoms with van der Waals surface area (Å²) in [6, 6.07) is 24.3. The molecule has 0 aliphatic heterocycles. The Labute approximate surface area is 215 Å². The standard InChI is InChI=1S/C28H25N3O5S/c1-19-10-13-23(14-11-19)37(34,35)30-18-27(32)31-29-17-25-24-9-4-3-7-21(24)12-15-26(25)36-28(33)22-8-5-6-20(2)16-22/h3-17,30H,18H2,1-2H3,(H,31,32)/b29-17-. The topological polar surface area (TPSA) is 114 Å². The van der Waals surface area contributed by atoms with Crippen molar-refractivity contribution in [1.82, 2.24) is 10.1 Å². The highest BCUT2D eigenvalue weighted by Gasteiger charge is 2.16. The first-order chi connectivity index (χ1) is 17.7. The molecule has 0 atom stereocenters. The molecule has 0 saturated carbocycles. The van der Waals surface area contributed by atoms with Crippen LogP contribution in [0.2, 0.25) is 0 Å². The number of fused-ring (bicyclic) bond motifs is 1. The third-order valence-electron chi connectivity index (χ3n) is 5.52. The normalized spacial score (nSPS) is 11.5. The van der Waals surface area contributed by atoms with Crippen molar-refractivity contribution in [2.45, 2.75) is 18.7 Å². The van der Waals surface area contributed by atoms with Gasteiger partial charge in [0.1, 0.15) is 5.75 Å². The van der Waals surface area contributed by atoms with Gasteiger partial charge in [0.05, 0.1) is 23.2 Å². The first-order valence-electron chi connectivity index (χ1n) is 11.4. The van der Waals surface area contributed by atoms with Crippen molar-refractivity contribution in [3.05, 3.63) is 107 Å². The van der Waals surface area contributed by atoms with E-state index < -0.39 is 28.4 Å². The van der Waals surface area contributed by atoms with E-state index in [2.05, 4.69) is 15.2 Å². The number of nitrogens with zero attached hydrogens (tertiary/aromatic N) is 1. The van der Waals surface area contributed by atoms with Crippen LogP contribution in [0.4, 0.5) is 0 Å². The third-order valence-corrected chi connectivity index (χ3v) is 6.94. The summed E-state index contributed by atoms with van der Waals surface area (Å²) in [4.78, 5) is 25.1. The van der Waals surface area contributed by atoms with Gasteiger partial charge >= 0.3 is 5.97 Å². The molecular weight excluding hydrogens is 490 g/mol. The number of hydrogen-bond donors (Lipinski definition) is 2. The first kappa shape index (κ1) is 25.7. The van der Waals surface area contributed by atoms with Crippen molar-refractivity contribution >= 4 is 38.9 Å². The molecule has 0 aliphatic rings. The van der Waals surface area contributed by atoms with Crippen LogP contribution in [0, 0.1) is 13.8 Å². The largest absolute Gasteiger partial charge is 0.422 e. The van der Waals surface area contributed by atoms with E-state index >= 15 is 0 Å². The van der Waals surface area contributed by atoms with Crippen LogP contribution in [-0.2, 0) is 14.8 Å². The molecule has 0 heterocycles. The van der Waals surface area contributed by atoms with Gasteiger partial charge in [0.25, 0.3) is 5.91 Å². The maximum Gasteiger partial charge on any atom is 0.343 e. The fourth-order valence-electron chi connectivity index (χ4n) is 3.60. The van der Waals surface area contributed by atoms with E-state index in [0.29, 0.717) is 11.1 Å². The fourth-order valence-corrected chi connectivity index (χ4v) is 4.58. The van der Waals surface area contributed by atoms with Crippen LogP contribution in [0.5, 0.6) is 5.75 Å². The van der Waals surface area contributed by atoms with Crippen LogP contribution < -0.4 is 14.9 Å². The lowest BCUT2D eigenvalue weighted by molar-refractivity contribution is -0.119.